The van der Waals surface area contributed by atoms with Crippen LogP contribution in [0.25, 0.3) is 0 Å². The van der Waals surface area contributed by atoms with Gasteiger partial charge in [-0.15, -0.1) is 11.3 Å². The van der Waals surface area contributed by atoms with Crippen molar-refractivity contribution in [2.24, 2.45) is 0 Å². The summed E-state index contributed by atoms with van der Waals surface area (Å²) in [6, 6.07) is 6.15. The third-order valence-corrected chi connectivity index (χ3v) is 8.20. The average molecular weight is 474 g/mol. The lowest BCUT2D eigenvalue weighted by molar-refractivity contribution is 0.0730. The van der Waals surface area contributed by atoms with E-state index in [1.165, 1.54) is 27.8 Å². The van der Waals surface area contributed by atoms with Gasteiger partial charge in [0.1, 0.15) is 16.0 Å². The van der Waals surface area contributed by atoms with Crippen molar-refractivity contribution in [3.05, 3.63) is 44.2 Å². The lowest BCUT2D eigenvalue weighted by Gasteiger charge is -2.26. The summed E-state index contributed by atoms with van der Waals surface area (Å²) in [5.41, 5.74) is 0.296. The van der Waals surface area contributed by atoms with Gasteiger partial charge in [0, 0.05) is 18.0 Å². The van der Waals surface area contributed by atoms with Gasteiger partial charge in [0.2, 0.25) is 10.0 Å². The van der Waals surface area contributed by atoms with Gasteiger partial charge in [0.25, 0.3) is 5.91 Å². The Morgan fingerprint density at radius 2 is 1.97 bits per heavy atom. The summed E-state index contributed by atoms with van der Waals surface area (Å²) in [5, 5.41) is 12.2. The number of hydrogen-bond acceptors (Lipinski definition) is 6. The zero-order chi connectivity index (χ0) is 21.2. The van der Waals surface area contributed by atoms with Gasteiger partial charge >= 0.3 is 0 Å². The first-order valence-electron chi connectivity index (χ1n) is 8.69. The molecule has 154 valence electrons. The minimum absolute atomic E-state index is 0.0132. The summed E-state index contributed by atoms with van der Waals surface area (Å²) in [6.07, 6.45) is 0.721. The highest BCUT2D eigenvalue weighted by Crippen LogP contribution is 2.33. The number of ether oxygens (including phenoxy) is 1. The molecule has 1 N–H and O–H groups in total. The molecule has 1 saturated heterocycles. The van der Waals surface area contributed by atoms with Crippen LogP contribution < -0.4 is 5.32 Å². The summed E-state index contributed by atoms with van der Waals surface area (Å²) >= 11 is 13.6. The summed E-state index contributed by atoms with van der Waals surface area (Å²) in [7, 11) is -3.92. The van der Waals surface area contributed by atoms with Gasteiger partial charge in [0.05, 0.1) is 34.4 Å². The standard InChI is InChI=1S/C18H17Cl2N3O4S2/c1-2-12-7-11(10-21)18(28-12)22-17(24)13-8-16(15(20)9-14(13)19)29(25,26)23-3-5-27-6-4-23/h7-9H,2-6H2,1H3,(H,22,24). The summed E-state index contributed by atoms with van der Waals surface area (Å²) in [4.78, 5) is 13.5. The van der Waals surface area contributed by atoms with Crippen molar-refractivity contribution in [1.29, 1.82) is 5.26 Å². The average Bonchev–Trinajstić information content (AvgIpc) is 3.10. The second-order valence-electron chi connectivity index (χ2n) is 6.15. The fourth-order valence-corrected chi connectivity index (χ4v) is 5.97. The number of amides is 1. The molecular formula is C18H17Cl2N3O4S2. The molecule has 0 atom stereocenters. The van der Waals surface area contributed by atoms with Crippen LogP contribution in [0.4, 0.5) is 5.00 Å². The largest absolute Gasteiger partial charge is 0.379 e. The van der Waals surface area contributed by atoms with Crippen LogP contribution in [0.15, 0.2) is 23.1 Å². The first kappa shape index (κ1) is 22.0. The maximum atomic E-state index is 13.0. The van der Waals surface area contributed by atoms with E-state index < -0.39 is 15.9 Å². The monoisotopic (exact) mass is 473 g/mol. The van der Waals surface area contributed by atoms with Gasteiger partial charge in [-0.25, -0.2) is 8.42 Å². The SMILES string of the molecule is CCc1cc(C#N)c(NC(=O)c2cc(S(=O)(=O)N3CCOCC3)c(Cl)cc2Cl)s1. The van der Waals surface area contributed by atoms with Crippen molar-refractivity contribution < 1.29 is 17.9 Å². The van der Waals surface area contributed by atoms with E-state index in [2.05, 4.69) is 5.32 Å². The maximum absolute atomic E-state index is 13.0. The first-order valence-corrected chi connectivity index (χ1v) is 11.7. The van der Waals surface area contributed by atoms with Crippen LogP contribution in [-0.4, -0.2) is 44.9 Å². The molecule has 0 unspecified atom stereocenters. The molecule has 2 aromatic rings. The van der Waals surface area contributed by atoms with Crippen LogP contribution >= 0.6 is 34.5 Å². The molecule has 0 saturated carbocycles. The van der Waals surface area contributed by atoms with Crippen LogP contribution in [0.3, 0.4) is 0 Å². The Hall–Kier alpha value is -1.67. The number of anilines is 1. The van der Waals surface area contributed by atoms with Crippen molar-refractivity contribution >= 4 is 55.5 Å². The van der Waals surface area contributed by atoms with Crippen LogP contribution in [-0.2, 0) is 21.2 Å². The number of rotatable bonds is 5. The zero-order valence-electron chi connectivity index (χ0n) is 15.4. The number of carbonyl (C=O) groups excluding carboxylic acids is 1. The summed E-state index contributed by atoms with van der Waals surface area (Å²) in [6.45, 7) is 2.91. The second kappa shape index (κ2) is 9.00. The molecule has 2 heterocycles. The lowest BCUT2D eigenvalue weighted by Crippen LogP contribution is -2.40. The number of nitrogens with one attached hydrogen (secondary N) is 1. The molecule has 1 aliphatic heterocycles. The van der Waals surface area contributed by atoms with Crippen molar-refractivity contribution in [3.63, 3.8) is 0 Å². The van der Waals surface area contributed by atoms with Gasteiger partial charge in [-0.1, -0.05) is 30.1 Å². The minimum atomic E-state index is -3.92. The number of nitriles is 1. The lowest BCUT2D eigenvalue weighted by atomic mass is 10.2. The number of sulfonamides is 1. The quantitative estimate of drug-likeness (QED) is 0.712. The molecule has 3 rings (SSSR count). The maximum Gasteiger partial charge on any atom is 0.257 e. The van der Waals surface area contributed by atoms with Gasteiger partial charge < -0.3 is 10.1 Å². The van der Waals surface area contributed by atoms with E-state index in [1.54, 1.807) is 6.07 Å². The van der Waals surface area contributed by atoms with E-state index >= 15 is 0 Å². The zero-order valence-corrected chi connectivity index (χ0v) is 18.5. The van der Waals surface area contributed by atoms with E-state index in [0.717, 1.165) is 11.3 Å². The Balaban J connectivity index is 1.96. The number of morpholine rings is 1. The van der Waals surface area contributed by atoms with Gasteiger partial charge in [0.15, 0.2) is 0 Å². The Morgan fingerprint density at radius 1 is 1.28 bits per heavy atom. The van der Waals surface area contributed by atoms with E-state index in [9.17, 15) is 18.5 Å². The summed E-state index contributed by atoms with van der Waals surface area (Å²) < 4.78 is 32.4. The Labute approximate surface area is 182 Å². The molecule has 0 bridgehead atoms. The van der Waals surface area contributed by atoms with E-state index in [1.807, 2.05) is 13.0 Å². The fourth-order valence-electron chi connectivity index (χ4n) is 2.79. The Morgan fingerprint density at radius 3 is 2.59 bits per heavy atom. The highest BCUT2D eigenvalue weighted by Gasteiger charge is 2.30. The molecular weight excluding hydrogens is 457 g/mol. The molecule has 1 aliphatic rings. The molecule has 1 fully saturated rings. The highest BCUT2D eigenvalue weighted by atomic mass is 35.5. The van der Waals surface area contributed by atoms with Crippen LogP contribution in [0.1, 0.15) is 27.7 Å². The minimum Gasteiger partial charge on any atom is -0.379 e. The molecule has 1 amide bonds. The van der Waals surface area contributed by atoms with Crippen molar-refractivity contribution in [2.75, 3.05) is 31.6 Å². The molecule has 1 aromatic heterocycles. The van der Waals surface area contributed by atoms with Crippen molar-refractivity contribution in [3.8, 4) is 6.07 Å². The van der Waals surface area contributed by atoms with Crippen molar-refractivity contribution in [2.45, 2.75) is 18.2 Å². The number of aryl methyl sites for hydroxylation is 1. The number of thiophene rings is 1. The smallest absolute Gasteiger partial charge is 0.257 e. The topological polar surface area (TPSA) is 99.5 Å². The number of halogens is 2. The van der Waals surface area contributed by atoms with E-state index in [0.29, 0.717) is 10.6 Å². The van der Waals surface area contributed by atoms with Crippen LogP contribution in [0.2, 0.25) is 10.0 Å². The van der Waals surface area contributed by atoms with Crippen molar-refractivity contribution in [1.82, 2.24) is 4.31 Å². The normalized spacial score (nSPS) is 15.1. The number of hydrogen-bond donors (Lipinski definition) is 1. The predicted molar refractivity (Wildman–Crippen MR) is 112 cm³/mol. The Kier molecular flexibility index (Phi) is 6.83. The number of benzene rings is 1. The third kappa shape index (κ3) is 4.58. The van der Waals surface area contributed by atoms with E-state index in [4.69, 9.17) is 27.9 Å². The third-order valence-electron chi connectivity index (χ3n) is 4.33. The molecule has 0 spiro atoms. The predicted octanol–water partition coefficient (Wildman–Crippen LogP) is 3.76. The van der Waals surface area contributed by atoms with Crippen LogP contribution in [0, 0.1) is 11.3 Å². The second-order valence-corrected chi connectivity index (χ2v) is 10.0. The van der Waals surface area contributed by atoms with Gasteiger partial charge in [-0.2, -0.15) is 9.57 Å². The highest BCUT2D eigenvalue weighted by molar-refractivity contribution is 7.89. The summed E-state index contributed by atoms with van der Waals surface area (Å²) in [5.74, 6) is -0.619. The van der Waals surface area contributed by atoms with Crippen LogP contribution in [0.5, 0.6) is 0 Å². The molecule has 1 aromatic carbocycles. The van der Waals surface area contributed by atoms with Gasteiger partial charge in [-0.05, 0) is 24.6 Å². The number of carbonyl (C=O) groups is 1. The number of nitrogens with zero attached hydrogens (tertiary/aromatic N) is 2. The molecule has 29 heavy (non-hydrogen) atoms. The van der Waals surface area contributed by atoms with E-state index in [-0.39, 0.29) is 46.8 Å². The molecule has 11 heteroatoms. The molecule has 0 radical (unpaired) electrons. The molecule has 0 aliphatic carbocycles. The molecule has 7 nitrogen and oxygen atoms in total. The van der Waals surface area contributed by atoms with Gasteiger partial charge in [-0.3, -0.25) is 4.79 Å². The Bertz CT molecular complexity index is 1090. The fraction of sp³-hybridized carbons (Fsp3) is 0.333. The first-order chi connectivity index (χ1) is 13.8.